The Morgan fingerprint density at radius 3 is 2.57 bits per heavy atom. The summed E-state index contributed by atoms with van der Waals surface area (Å²) in [5.41, 5.74) is 2.14. The van der Waals surface area contributed by atoms with E-state index >= 15 is 0 Å². The first kappa shape index (κ1) is 19.1. The second kappa shape index (κ2) is 7.99. The van der Waals surface area contributed by atoms with Gasteiger partial charge in [0.25, 0.3) is 5.92 Å². The molecule has 1 aromatic heterocycles. The van der Waals surface area contributed by atoms with E-state index in [1.165, 1.54) is 0 Å². The lowest BCUT2D eigenvalue weighted by Crippen LogP contribution is -2.55. The predicted molar refractivity (Wildman–Crippen MR) is 102 cm³/mol. The minimum Gasteiger partial charge on any atom is -0.342 e. The molecule has 2 aliphatic rings. The minimum atomic E-state index is -2.94. The summed E-state index contributed by atoms with van der Waals surface area (Å²) in [6, 6.07) is 11.8. The lowest BCUT2D eigenvalue weighted by molar-refractivity contribution is -0.161. The Labute approximate surface area is 163 Å². The number of hydrogen-bond acceptors (Lipinski definition) is 3. The third-order valence-electron chi connectivity index (χ3n) is 6.03. The average molecular weight is 388 g/mol. The van der Waals surface area contributed by atoms with Crippen molar-refractivity contribution in [3.05, 3.63) is 53.9 Å². The molecule has 1 N–H and O–H groups in total. The van der Waals surface area contributed by atoms with Crippen LogP contribution < -0.4 is 0 Å². The van der Waals surface area contributed by atoms with E-state index in [0.29, 0.717) is 32.1 Å². The Bertz CT molecular complexity index is 773. The molecule has 0 radical (unpaired) electrons. The van der Waals surface area contributed by atoms with E-state index in [4.69, 9.17) is 0 Å². The SMILES string of the molecule is O=C(C1CN(Cc2ccccc2)CCC1(F)F)N1CCC(c2ccn[nH]2)CC1. The van der Waals surface area contributed by atoms with Crippen molar-refractivity contribution in [2.75, 3.05) is 26.2 Å². The molecule has 28 heavy (non-hydrogen) atoms. The van der Waals surface area contributed by atoms with Gasteiger partial charge in [-0.3, -0.25) is 14.8 Å². The molecule has 2 saturated heterocycles. The number of aromatic amines is 1. The second-order valence-electron chi connectivity index (χ2n) is 7.90. The van der Waals surface area contributed by atoms with E-state index in [1.54, 1.807) is 11.1 Å². The molecule has 150 valence electrons. The molecular weight excluding hydrogens is 362 g/mol. The summed E-state index contributed by atoms with van der Waals surface area (Å²) in [6.07, 6.45) is 3.01. The highest BCUT2D eigenvalue weighted by atomic mass is 19.3. The average Bonchev–Trinajstić information content (AvgIpc) is 3.25. The van der Waals surface area contributed by atoms with Crippen molar-refractivity contribution in [3.63, 3.8) is 0 Å². The molecule has 5 nitrogen and oxygen atoms in total. The number of H-pyrrole nitrogens is 1. The number of amides is 1. The van der Waals surface area contributed by atoms with Crippen molar-refractivity contribution in [2.45, 2.75) is 37.6 Å². The van der Waals surface area contributed by atoms with Crippen molar-refractivity contribution in [1.82, 2.24) is 20.0 Å². The summed E-state index contributed by atoms with van der Waals surface area (Å²) in [6.45, 7) is 2.07. The molecule has 0 spiro atoms. The number of rotatable bonds is 4. The van der Waals surface area contributed by atoms with Gasteiger partial charge in [0.15, 0.2) is 0 Å². The number of hydrogen-bond donors (Lipinski definition) is 1. The third kappa shape index (κ3) is 4.09. The van der Waals surface area contributed by atoms with Crippen LogP contribution >= 0.6 is 0 Å². The maximum absolute atomic E-state index is 14.6. The number of halogens is 2. The molecule has 2 fully saturated rings. The summed E-state index contributed by atoms with van der Waals surface area (Å²) >= 11 is 0. The van der Waals surface area contributed by atoms with Crippen LogP contribution in [0.2, 0.25) is 0 Å². The molecule has 3 heterocycles. The zero-order valence-electron chi connectivity index (χ0n) is 15.9. The van der Waals surface area contributed by atoms with Gasteiger partial charge in [-0.15, -0.1) is 0 Å². The van der Waals surface area contributed by atoms with Gasteiger partial charge in [-0.05, 0) is 24.5 Å². The number of aromatic nitrogens is 2. The molecule has 0 saturated carbocycles. The molecule has 4 rings (SSSR count). The fourth-order valence-corrected chi connectivity index (χ4v) is 4.33. The van der Waals surface area contributed by atoms with Crippen molar-refractivity contribution in [3.8, 4) is 0 Å². The van der Waals surface area contributed by atoms with Crippen LogP contribution in [0.3, 0.4) is 0 Å². The highest BCUT2D eigenvalue weighted by molar-refractivity contribution is 5.80. The molecule has 7 heteroatoms. The molecule has 1 atom stereocenters. The van der Waals surface area contributed by atoms with Crippen LogP contribution in [0.4, 0.5) is 8.78 Å². The first-order chi connectivity index (χ1) is 13.5. The monoisotopic (exact) mass is 388 g/mol. The van der Waals surface area contributed by atoms with E-state index in [9.17, 15) is 13.6 Å². The van der Waals surface area contributed by atoms with Gasteiger partial charge in [-0.2, -0.15) is 5.10 Å². The molecule has 1 unspecified atom stereocenters. The summed E-state index contributed by atoms with van der Waals surface area (Å²) in [7, 11) is 0. The van der Waals surface area contributed by atoms with Gasteiger partial charge < -0.3 is 4.90 Å². The normalized spacial score (nSPS) is 23.6. The number of likely N-dealkylation sites (tertiary alicyclic amines) is 2. The Balaban J connectivity index is 1.38. The number of alkyl halides is 2. The Morgan fingerprint density at radius 2 is 1.89 bits per heavy atom. The van der Waals surface area contributed by atoms with Gasteiger partial charge in [-0.25, -0.2) is 8.78 Å². The number of carbonyl (C=O) groups excluding carboxylic acids is 1. The summed E-state index contributed by atoms with van der Waals surface area (Å²) in [5, 5.41) is 6.95. The largest absolute Gasteiger partial charge is 0.342 e. The van der Waals surface area contributed by atoms with Crippen LogP contribution in [-0.2, 0) is 11.3 Å². The van der Waals surface area contributed by atoms with Crippen molar-refractivity contribution in [1.29, 1.82) is 0 Å². The van der Waals surface area contributed by atoms with E-state index in [2.05, 4.69) is 10.2 Å². The van der Waals surface area contributed by atoms with Gasteiger partial charge >= 0.3 is 0 Å². The Morgan fingerprint density at radius 1 is 1.14 bits per heavy atom. The van der Waals surface area contributed by atoms with Gasteiger partial charge in [-0.1, -0.05) is 30.3 Å². The van der Waals surface area contributed by atoms with Crippen LogP contribution in [0.1, 0.15) is 36.4 Å². The number of nitrogens with zero attached hydrogens (tertiary/aromatic N) is 3. The first-order valence-corrected chi connectivity index (χ1v) is 9.95. The van der Waals surface area contributed by atoms with Crippen LogP contribution in [0, 0.1) is 5.92 Å². The highest BCUT2D eigenvalue weighted by Crippen LogP contribution is 2.36. The van der Waals surface area contributed by atoms with E-state index in [0.717, 1.165) is 24.1 Å². The standard InChI is InChI=1S/C21H26F2N4O/c22-21(23)9-13-26(14-16-4-2-1-3-5-16)15-18(21)20(28)27-11-7-17(8-12-27)19-6-10-24-25-19/h1-6,10,17-18H,7-9,11-15H2,(H,24,25). The lowest BCUT2D eigenvalue weighted by atomic mass is 9.89. The molecule has 1 aromatic carbocycles. The van der Waals surface area contributed by atoms with Crippen LogP contribution in [0.5, 0.6) is 0 Å². The van der Waals surface area contributed by atoms with Crippen molar-refractivity contribution < 1.29 is 13.6 Å². The molecule has 0 aliphatic carbocycles. The quantitative estimate of drug-likeness (QED) is 0.875. The van der Waals surface area contributed by atoms with Gasteiger partial charge in [0, 0.05) is 57.0 Å². The van der Waals surface area contributed by atoms with Gasteiger partial charge in [0.1, 0.15) is 5.92 Å². The maximum atomic E-state index is 14.6. The highest BCUT2D eigenvalue weighted by Gasteiger charge is 2.49. The van der Waals surface area contributed by atoms with Crippen molar-refractivity contribution >= 4 is 5.91 Å². The van der Waals surface area contributed by atoms with Gasteiger partial charge in [0.05, 0.1) is 0 Å². The fraction of sp³-hybridized carbons (Fsp3) is 0.524. The summed E-state index contributed by atoms with van der Waals surface area (Å²) < 4.78 is 29.2. The smallest absolute Gasteiger partial charge is 0.262 e. The Hall–Kier alpha value is -2.28. The molecule has 2 aliphatic heterocycles. The number of piperidine rings is 2. The number of benzene rings is 1. The summed E-state index contributed by atoms with van der Waals surface area (Å²) in [5.74, 6) is -4.28. The minimum absolute atomic E-state index is 0.112. The van der Waals surface area contributed by atoms with Crippen LogP contribution in [0.25, 0.3) is 0 Å². The second-order valence-corrected chi connectivity index (χ2v) is 7.90. The molecule has 0 bridgehead atoms. The fourth-order valence-electron chi connectivity index (χ4n) is 4.33. The van der Waals surface area contributed by atoms with Crippen LogP contribution in [0.15, 0.2) is 42.6 Å². The molecule has 1 amide bonds. The number of nitrogens with one attached hydrogen (secondary N) is 1. The molecule has 2 aromatic rings. The van der Waals surface area contributed by atoms with E-state index < -0.39 is 17.7 Å². The topological polar surface area (TPSA) is 52.2 Å². The lowest BCUT2D eigenvalue weighted by Gasteiger charge is -2.41. The van der Waals surface area contributed by atoms with E-state index in [-0.39, 0.29) is 13.0 Å². The maximum Gasteiger partial charge on any atom is 0.262 e. The zero-order valence-corrected chi connectivity index (χ0v) is 15.9. The van der Waals surface area contributed by atoms with Crippen molar-refractivity contribution in [2.24, 2.45) is 5.92 Å². The van der Waals surface area contributed by atoms with E-state index in [1.807, 2.05) is 41.3 Å². The summed E-state index contributed by atoms with van der Waals surface area (Å²) in [4.78, 5) is 16.6. The zero-order chi connectivity index (χ0) is 19.6. The number of carbonyl (C=O) groups is 1. The third-order valence-corrected chi connectivity index (χ3v) is 6.03. The van der Waals surface area contributed by atoms with Gasteiger partial charge in [0.2, 0.25) is 5.91 Å². The molecular formula is C21H26F2N4O. The predicted octanol–water partition coefficient (Wildman–Crippen LogP) is 3.27. The van der Waals surface area contributed by atoms with Crippen LogP contribution in [-0.4, -0.2) is 58.0 Å². The Kier molecular flexibility index (Phi) is 5.44. The first-order valence-electron chi connectivity index (χ1n) is 9.95.